The van der Waals surface area contributed by atoms with Gasteiger partial charge in [0.1, 0.15) is 18.2 Å². The number of thiazole rings is 1. The normalized spacial score (nSPS) is 21.5. The molecule has 1 aromatic heterocycles. The summed E-state index contributed by atoms with van der Waals surface area (Å²) in [4.78, 5) is 21.1. The summed E-state index contributed by atoms with van der Waals surface area (Å²) in [6.07, 6.45) is 2.90. The Bertz CT molecular complexity index is 1470. The number of aromatic nitrogens is 1. The fraction of sp³-hybridized carbons (Fsp3) is 0.515. The van der Waals surface area contributed by atoms with Gasteiger partial charge < -0.3 is 24.2 Å². The Morgan fingerprint density at radius 2 is 1.98 bits per heavy atom. The van der Waals surface area contributed by atoms with Crippen molar-refractivity contribution in [3.8, 4) is 17.0 Å². The van der Waals surface area contributed by atoms with Crippen LogP contribution in [0.2, 0.25) is 0 Å². The molecule has 2 atom stereocenters. The zero-order chi connectivity index (χ0) is 30.1. The zero-order valence-corrected chi connectivity index (χ0v) is 25.9. The molecule has 6 rings (SSSR count). The van der Waals surface area contributed by atoms with Gasteiger partial charge in [-0.15, -0.1) is 11.3 Å². The zero-order valence-electron chi connectivity index (χ0n) is 25.1. The van der Waals surface area contributed by atoms with Crippen LogP contribution >= 0.6 is 11.3 Å². The number of hydrogen-bond donors (Lipinski definition) is 1. The Labute approximate surface area is 256 Å². The van der Waals surface area contributed by atoms with Crippen molar-refractivity contribution in [2.24, 2.45) is 5.92 Å². The number of aliphatic carboxylic acids is 1. The Balaban J connectivity index is 1.18. The number of piperidine rings is 1. The summed E-state index contributed by atoms with van der Waals surface area (Å²) in [5.74, 6) is -0.831. The maximum absolute atomic E-state index is 15.9. The van der Waals surface area contributed by atoms with E-state index in [4.69, 9.17) is 19.2 Å². The van der Waals surface area contributed by atoms with Gasteiger partial charge in [-0.3, -0.25) is 9.69 Å². The van der Waals surface area contributed by atoms with E-state index in [0.29, 0.717) is 43.3 Å². The third-order valence-corrected chi connectivity index (χ3v) is 10.1. The quantitative estimate of drug-likeness (QED) is 0.353. The van der Waals surface area contributed by atoms with E-state index in [1.54, 1.807) is 7.11 Å². The number of carboxylic acids is 1. The molecular weight excluding hydrogens is 569 g/mol. The maximum Gasteiger partial charge on any atom is 0.309 e. The van der Waals surface area contributed by atoms with Crippen LogP contribution in [0.15, 0.2) is 29.6 Å². The summed E-state index contributed by atoms with van der Waals surface area (Å²) >= 11 is 1.52. The lowest BCUT2D eigenvalue weighted by Crippen LogP contribution is -2.47. The summed E-state index contributed by atoms with van der Waals surface area (Å²) in [5.41, 5.74) is 6.35. The average molecular weight is 610 g/mol. The molecule has 0 aliphatic carbocycles. The Kier molecular flexibility index (Phi) is 9.00. The van der Waals surface area contributed by atoms with E-state index in [2.05, 4.69) is 16.7 Å². The third-order valence-electron chi connectivity index (χ3n) is 9.23. The number of carboxylic acid groups (broad SMARTS) is 1. The molecule has 0 spiro atoms. The molecule has 10 heteroatoms. The van der Waals surface area contributed by atoms with Crippen molar-refractivity contribution in [2.45, 2.75) is 64.8 Å². The van der Waals surface area contributed by atoms with E-state index in [0.717, 1.165) is 77.8 Å². The largest absolute Gasteiger partial charge is 0.488 e. The van der Waals surface area contributed by atoms with Crippen LogP contribution < -0.4 is 9.64 Å². The van der Waals surface area contributed by atoms with Crippen molar-refractivity contribution in [3.05, 3.63) is 63.3 Å². The molecule has 3 aliphatic rings. The van der Waals surface area contributed by atoms with Gasteiger partial charge in [-0.1, -0.05) is 11.6 Å². The predicted molar refractivity (Wildman–Crippen MR) is 164 cm³/mol. The van der Waals surface area contributed by atoms with Crippen LogP contribution in [0.1, 0.15) is 47.1 Å². The first-order valence-corrected chi connectivity index (χ1v) is 16.0. The molecular formula is C33H40FN3O5S. The lowest BCUT2D eigenvalue weighted by molar-refractivity contribution is -0.147. The topological polar surface area (TPSA) is 84.4 Å². The summed E-state index contributed by atoms with van der Waals surface area (Å²) in [6, 6.07) is 8.42. The molecule has 0 unspecified atom stereocenters. The number of halogens is 1. The Morgan fingerprint density at radius 1 is 1.16 bits per heavy atom. The highest BCUT2D eigenvalue weighted by Gasteiger charge is 2.35. The molecule has 3 aliphatic heterocycles. The van der Waals surface area contributed by atoms with E-state index >= 15 is 4.39 Å². The number of methoxy groups -OCH3 is 1. The van der Waals surface area contributed by atoms with Crippen LogP contribution in [0.4, 0.5) is 9.52 Å². The molecule has 2 saturated heterocycles. The number of anilines is 1. The first kappa shape index (κ1) is 30.0. The molecule has 43 heavy (non-hydrogen) atoms. The van der Waals surface area contributed by atoms with E-state index in [1.165, 1.54) is 11.3 Å². The van der Waals surface area contributed by atoms with Crippen molar-refractivity contribution in [1.29, 1.82) is 0 Å². The highest BCUT2D eigenvalue weighted by Crippen LogP contribution is 2.37. The first-order valence-electron chi connectivity index (χ1n) is 15.1. The minimum Gasteiger partial charge on any atom is -0.488 e. The summed E-state index contributed by atoms with van der Waals surface area (Å²) < 4.78 is 33.2. The molecule has 2 fully saturated rings. The van der Waals surface area contributed by atoms with Crippen LogP contribution in [0.3, 0.4) is 0 Å². The first-order chi connectivity index (χ1) is 20.8. The molecule has 8 nitrogen and oxygen atoms in total. The van der Waals surface area contributed by atoms with Crippen molar-refractivity contribution in [2.75, 3.05) is 44.9 Å². The van der Waals surface area contributed by atoms with Gasteiger partial charge in [0.2, 0.25) is 0 Å². The molecule has 0 bridgehead atoms. The number of nitrogens with zero attached hydrogens (tertiary/aromatic N) is 3. The lowest BCUT2D eigenvalue weighted by atomic mass is 9.90. The number of fused-ring (bicyclic) bond motifs is 1. The standard InChI is InChI=1S/C33H40FN3O5S/c1-20-4-5-29(26(14-20)28-19-43-33(35-28)37-11-7-25(32(38)39)30(17-37)40-3)42-18-22-15-21(2)27-16-36(10-6-24(27)31(22)34)23-8-12-41-13-9-23/h4-5,14-15,19,23,25,30H,6-13,16-18H2,1-3H3,(H,38,39)/t25-,30+/m1/s1. The SMILES string of the molecule is CO[C@H]1CN(c2nc(-c3cc(C)ccc3OCc3cc(C)c4c(c3F)CCN(C3CCOCC3)C4)cs2)CC[C@H]1C(=O)O. The predicted octanol–water partition coefficient (Wildman–Crippen LogP) is 5.61. The van der Waals surface area contributed by atoms with E-state index in [1.807, 2.05) is 36.6 Å². The summed E-state index contributed by atoms with van der Waals surface area (Å²) in [6.45, 7) is 8.58. The number of aryl methyl sites for hydroxylation is 2. The maximum atomic E-state index is 15.9. The Hall–Kier alpha value is -3.05. The molecule has 0 amide bonds. The van der Waals surface area contributed by atoms with Crippen molar-refractivity contribution in [3.63, 3.8) is 0 Å². The van der Waals surface area contributed by atoms with Crippen LogP contribution in [0.5, 0.6) is 5.75 Å². The molecule has 2 aromatic carbocycles. The lowest BCUT2D eigenvalue weighted by Gasteiger charge is -2.38. The van der Waals surface area contributed by atoms with E-state index in [-0.39, 0.29) is 12.4 Å². The summed E-state index contributed by atoms with van der Waals surface area (Å²) in [5, 5.41) is 12.3. The molecule has 4 heterocycles. The second-order valence-corrected chi connectivity index (χ2v) is 12.8. The van der Waals surface area contributed by atoms with Gasteiger partial charge in [0, 0.05) is 69.1 Å². The second-order valence-electron chi connectivity index (χ2n) is 11.9. The van der Waals surface area contributed by atoms with Gasteiger partial charge in [-0.2, -0.15) is 0 Å². The highest BCUT2D eigenvalue weighted by molar-refractivity contribution is 7.14. The van der Waals surface area contributed by atoms with Crippen LogP contribution in [0.25, 0.3) is 11.3 Å². The minimum atomic E-state index is -0.824. The van der Waals surface area contributed by atoms with Gasteiger partial charge in [-0.05, 0) is 74.4 Å². The molecule has 230 valence electrons. The fourth-order valence-electron chi connectivity index (χ4n) is 6.73. The summed E-state index contributed by atoms with van der Waals surface area (Å²) in [7, 11) is 1.56. The Morgan fingerprint density at radius 3 is 2.74 bits per heavy atom. The van der Waals surface area contributed by atoms with Gasteiger partial charge in [-0.25, -0.2) is 9.37 Å². The number of ether oxygens (including phenoxy) is 3. The smallest absolute Gasteiger partial charge is 0.309 e. The van der Waals surface area contributed by atoms with Gasteiger partial charge in [0.25, 0.3) is 0 Å². The van der Waals surface area contributed by atoms with Crippen molar-refractivity contribution >= 4 is 22.4 Å². The molecule has 3 aromatic rings. The second kappa shape index (κ2) is 12.9. The van der Waals surface area contributed by atoms with Gasteiger partial charge in [0.05, 0.1) is 17.7 Å². The number of rotatable bonds is 8. The molecule has 0 radical (unpaired) electrons. The minimum absolute atomic E-state index is 0.134. The van der Waals surface area contributed by atoms with E-state index < -0.39 is 18.0 Å². The van der Waals surface area contributed by atoms with E-state index in [9.17, 15) is 9.90 Å². The average Bonchev–Trinajstić information content (AvgIpc) is 3.52. The number of benzene rings is 2. The van der Waals surface area contributed by atoms with Gasteiger partial charge in [0.15, 0.2) is 5.13 Å². The van der Waals surface area contributed by atoms with Crippen molar-refractivity contribution < 1.29 is 28.5 Å². The monoisotopic (exact) mass is 609 g/mol. The van der Waals surface area contributed by atoms with Crippen LogP contribution in [-0.4, -0.2) is 73.1 Å². The molecule has 0 saturated carbocycles. The van der Waals surface area contributed by atoms with Gasteiger partial charge >= 0.3 is 5.97 Å². The number of hydrogen-bond acceptors (Lipinski definition) is 8. The fourth-order valence-corrected chi connectivity index (χ4v) is 7.59. The van der Waals surface area contributed by atoms with Crippen LogP contribution in [0, 0.1) is 25.6 Å². The van der Waals surface area contributed by atoms with Crippen molar-refractivity contribution in [1.82, 2.24) is 9.88 Å². The third kappa shape index (κ3) is 6.29. The molecule has 1 N–H and O–H groups in total. The number of carbonyl (C=O) groups is 1. The highest BCUT2D eigenvalue weighted by atomic mass is 32.1. The van der Waals surface area contributed by atoms with Crippen LogP contribution in [-0.2, 0) is 33.8 Å².